The van der Waals surface area contributed by atoms with E-state index >= 15 is 0 Å². The number of hydrogen-bond donors (Lipinski definition) is 1. The van der Waals surface area contributed by atoms with Crippen LogP contribution in [0.1, 0.15) is 11.1 Å². The summed E-state index contributed by atoms with van der Waals surface area (Å²) in [5.74, 6) is 0. The number of benzene rings is 3. The normalized spacial score (nSPS) is 11.5. The first-order chi connectivity index (χ1) is 10.5. The van der Waals surface area contributed by atoms with Gasteiger partial charge in [-0.15, -0.1) is 0 Å². The Morgan fingerprint density at radius 3 is 2.23 bits per heavy atom. The third-order valence-corrected chi connectivity index (χ3v) is 4.99. The summed E-state index contributed by atoms with van der Waals surface area (Å²) in [6.07, 6.45) is 0. The van der Waals surface area contributed by atoms with Crippen molar-refractivity contribution in [2.45, 2.75) is 18.7 Å². The van der Waals surface area contributed by atoms with E-state index in [-0.39, 0.29) is 4.90 Å². The van der Waals surface area contributed by atoms with E-state index < -0.39 is 10.0 Å². The van der Waals surface area contributed by atoms with Gasteiger partial charge >= 0.3 is 0 Å². The molecule has 112 valence electrons. The van der Waals surface area contributed by atoms with Gasteiger partial charge in [0.1, 0.15) is 0 Å². The van der Waals surface area contributed by atoms with Crippen molar-refractivity contribution < 1.29 is 8.42 Å². The molecule has 0 aliphatic heterocycles. The zero-order valence-corrected chi connectivity index (χ0v) is 13.3. The quantitative estimate of drug-likeness (QED) is 0.785. The fourth-order valence-electron chi connectivity index (χ4n) is 2.41. The molecule has 0 aliphatic rings. The van der Waals surface area contributed by atoms with E-state index in [4.69, 9.17) is 0 Å². The van der Waals surface area contributed by atoms with Crippen LogP contribution in [0, 0.1) is 13.8 Å². The fourth-order valence-corrected chi connectivity index (χ4v) is 3.49. The van der Waals surface area contributed by atoms with Gasteiger partial charge in [0.2, 0.25) is 0 Å². The van der Waals surface area contributed by atoms with Gasteiger partial charge < -0.3 is 0 Å². The lowest BCUT2D eigenvalue weighted by molar-refractivity contribution is 0.601. The summed E-state index contributed by atoms with van der Waals surface area (Å²) in [7, 11) is -3.58. The lowest BCUT2D eigenvalue weighted by Gasteiger charge is -2.11. The van der Waals surface area contributed by atoms with Crippen LogP contribution < -0.4 is 4.72 Å². The first kappa shape index (κ1) is 14.6. The van der Waals surface area contributed by atoms with Crippen molar-refractivity contribution in [3.05, 3.63) is 71.8 Å². The number of fused-ring (bicyclic) bond motifs is 1. The highest BCUT2D eigenvalue weighted by Crippen LogP contribution is 2.26. The van der Waals surface area contributed by atoms with E-state index in [1.165, 1.54) is 0 Å². The van der Waals surface area contributed by atoms with Gasteiger partial charge in [0.25, 0.3) is 10.0 Å². The molecule has 3 aromatic carbocycles. The molecule has 3 rings (SSSR count). The van der Waals surface area contributed by atoms with Gasteiger partial charge in [-0.2, -0.15) is 0 Å². The molecule has 1 N–H and O–H groups in total. The largest absolute Gasteiger partial charge is 0.279 e. The molecular weight excluding hydrogens is 294 g/mol. The fraction of sp³-hybridized carbons (Fsp3) is 0.111. The second-order valence-electron chi connectivity index (χ2n) is 5.45. The van der Waals surface area contributed by atoms with Gasteiger partial charge in [0.15, 0.2) is 0 Å². The predicted octanol–water partition coefficient (Wildman–Crippen LogP) is 4.26. The van der Waals surface area contributed by atoms with Crippen molar-refractivity contribution in [3.8, 4) is 0 Å². The van der Waals surface area contributed by atoms with Gasteiger partial charge in [-0.05, 0) is 37.4 Å². The van der Waals surface area contributed by atoms with Crippen LogP contribution in [0.3, 0.4) is 0 Å². The maximum atomic E-state index is 12.5. The molecule has 0 aliphatic carbocycles. The predicted molar refractivity (Wildman–Crippen MR) is 90.7 cm³/mol. The number of anilines is 1. The van der Waals surface area contributed by atoms with E-state index in [9.17, 15) is 8.42 Å². The zero-order valence-electron chi connectivity index (χ0n) is 12.5. The second-order valence-corrected chi connectivity index (χ2v) is 7.13. The van der Waals surface area contributed by atoms with Gasteiger partial charge in [0, 0.05) is 5.39 Å². The average Bonchev–Trinajstić information content (AvgIpc) is 2.47. The third kappa shape index (κ3) is 2.83. The molecule has 3 aromatic rings. The van der Waals surface area contributed by atoms with Crippen LogP contribution in [0.25, 0.3) is 10.8 Å². The van der Waals surface area contributed by atoms with Crippen molar-refractivity contribution in [1.29, 1.82) is 0 Å². The Morgan fingerprint density at radius 1 is 0.818 bits per heavy atom. The number of nitrogens with one attached hydrogen (secondary N) is 1. The maximum Gasteiger partial charge on any atom is 0.261 e. The molecule has 0 aromatic heterocycles. The summed E-state index contributed by atoms with van der Waals surface area (Å²) >= 11 is 0. The van der Waals surface area contributed by atoms with Crippen LogP contribution in [0.2, 0.25) is 0 Å². The van der Waals surface area contributed by atoms with Crippen LogP contribution in [0.15, 0.2) is 65.6 Å². The Morgan fingerprint density at radius 2 is 1.50 bits per heavy atom. The number of sulfonamides is 1. The first-order valence-electron chi connectivity index (χ1n) is 7.04. The van der Waals surface area contributed by atoms with Crippen LogP contribution >= 0.6 is 0 Å². The number of aryl methyl sites for hydroxylation is 2. The Balaban J connectivity index is 2.04. The first-order valence-corrected chi connectivity index (χ1v) is 8.53. The van der Waals surface area contributed by atoms with Crippen LogP contribution in [0.4, 0.5) is 5.69 Å². The molecule has 0 spiro atoms. The lowest BCUT2D eigenvalue weighted by Crippen LogP contribution is -2.13. The van der Waals surface area contributed by atoms with Crippen LogP contribution in [-0.2, 0) is 10.0 Å². The molecule has 0 saturated heterocycles. The minimum absolute atomic E-state index is 0.266. The van der Waals surface area contributed by atoms with Gasteiger partial charge in [0.05, 0.1) is 10.6 Å². The summed E-state index contributed by atoms with van der Waals surface area (Å²) in [5.41, 5.74) is 2.77. The summed E-state index contributed by atoms with van der Waals surface area (Å²) in [5, 5.41) is 1.91. The molecule has 4 heteroatoms. The SMILES string of the molecule is Cc1ccc(S(=O)(=O)Nc2cccc3cc(C)ccc23)cc1. The van der Waals surface area contributed by atoms with Crippen molar-refractivity contribution in [3.63, 3.8) is 0 Å². The Bertz CT molecular complexity index is 929. The standard InChI is InChI=1S/C18H17NO2S/c1-13-6-9-16(10-7-13)22(20,21)19-18-5-3-4-15-12-14(2)8-11-17(15)18/h3-12,19H,1-2H3. The topological polar surface area (TPSA) is 46.2 Å². The summed E-state index contributed by atoms with van der Waals surface area (Å²) in [6, 6.07) is 18.4. The molecule has 0 unspecified atom stereocenters. The molecule has 0 heterocycles. The highest BCUT2D eigenvalue weighted by molar-refractivity contribution is 7.92. The van der Waals surface area contributed by atoms with Crippen molar-refractivity contribution in [2.75, 3.05) is 4.72 Å². The minimum Gasteiger partial charge on any atom is -0.279 e. The van der Waals surface area contributed by atoms with E-state index in [1.54, 1.807) is 30.3 Å². The number of rotatable bonds is 3. The second kappa shape index (κ2) is 5.46. The van der Waals surface area contributed by atoms with E-state index in [2.05, 4.69) is 4.72 Å². The number of hydrogen-bond acceptors (Lipinski definition) is 2. The summed E-state index contributed by atoms with van der Waals surface area (Å²) < 4.78 is 27.7. The molecule has 22 heavy (non-hydrogen) atoms. The molecular formula is C18H17NO2S. The van der Waals surface area contributed by atoms with Gasteiger partial charge in [-0.3, -0.25) is 4.72 Å². The summed E-state index contributed by atoms with van der Waals surface area (Å²) in [6.45, 7) is 3.94. The van der Waals surface area contributed by atoms with Crippen molar-refractivity contribution >= 4 is 26.5 Å². The Hall–Kier alpha value is -2.33. The zero-order chi connectivity index (χ0) is 15.7. The third-order valence-electron chi connectivity index (χ3n) is 3.61. The van der Waals surface area contributed by atoms with Crippen LogP contribution in [0.5, 0.6) is 0 Å². The van der Waals surface area contributed by atoms with Crippen molar-refractivity contribution in [2.24, 2.45) is 0 Å². The van der Waals surface area contributed by atoms with E-state index in [1.807, 2.05) is 44.2 Å². The molecule has 0 amide bonds. The average molecular weight is 311 g/mol. The van der Waals surface area contributed by atoms with Crippen molar-refractivity contribution in [1.82, 2.24) is 0 Å². The Labute approximate surface area is 130 Å². The maximum absolute atomic E-state index is 12.5. The minimum atomic E-state index is -3.58. The molecule has 0 saturated carbocycles. The molecule has 0 radical (unpaired) electrons. The summed E-state index contributed by atoms with van der Waals surface area (Å²) in [4.78, 5) is 0.266. The van der Waals surface area contributed by atoms with Gasteiger partial charge in [-0.25, -0.2) is 8.42 Å². The lowest BCUT2D eigenvalue weighted by atomic mass is 10.1. The van der Waals surface area contributed by atoms with E-state index in [0.29, 0.717) is 5.69 Å². The highest BCUT2D eigenvalue weighted by Gasteiger charge is 2.15. The Kier molecular flexibility index (Phi) is 3.62. The smallest absolute Gasteiger partial charge is 0.261 e. The van der Waals surface area contributed by atoms with Crippen LogP contribution in [-0.4, -0.2) is 8.42 Å². The van der Waals surface area contributed by atoms with E-state index in [0.717, 1.165) is 21.9 Å². The molecule has 0 bridgehead atoms. The molecule has 3 nitrogen and oxygen atoms in total. The molecule has 0 fully saturated rings. The van der Waals surface area contributed by atoms with Gasteiger partial charge in [-0.1, -0.05) is 53.6 Å². The highest BCUT2D eigenvalue weighted by atomic mass is 32.2. The monoisotopic (exact) mass is 311 g/mol. The molecule has 0 atom stereocenters.